The Labute approximate surface area is 120 Å². The maximum atomic E-state index is 3.63. The zero-order valence-electron chi connectivity index (χ0n) is 11.5. The van der Waals surface area contributed by atoms with Gasteiger partial charge in [-0.25, -0.2) is 0 Å². The van der Waals surface area contributed by atoms with Crippen molar-refractivity contribution in [3.8, 4) is 0 Å². The molecule has 0 radical (unpaired) electrons. The van der Waals surface area contributed by atoms with Gasteiger partial charge in [0.05, 0.1) is 0 Å². The maximum absolute atomic E-state index is 3.63. The molecule has 0 aromatic heterocycles. The second-order valence-electron chi connectivity index (χ2n) is 4.51. The third-order valence-electron chi connectivity index (χ3n) is 3.27. The zero-order chi connectivity index (χ0) is 13.5. The topological polar surface area (TPSA) is 12.0 Å². The highest BCUT2D eigenvalue weighted by Crippen LogP contribution is 2.38. The van der Waals surface area contributed by atoms with E-state index in [1.54, 1.807) is 0 Å². The minimum Gasteiger partial charge on any atom is -0.309 e. The quantitative estimate of drug-likeness (QED) is 0.833. The molecule has 0 saturated heterocycles. The molecule has 2 unspecified atom stereocenters. The number of nitrogens with one attached hydrogen (secondary N) is 1. The second kappa shape index (κ2) is 7.37. The third-order valence-corrected chi connectivity index (χ3v) is 4.32. The minimum absolute atomic E-state index is 0.351. The maximum Gasteiger partial charge on any atom is 0.0489 e. The molecule has 2 atom stereocenters. The lowest BCUT2D eigenvalue weighted by Gasteiger charge is -2.27. The molecule has 0 saturated carbocycles. The molecule has 1 nitrogen and oxygen atoms in total. The fraction of sp³-hybridized carbons (Fsp3) is 0.294. The molecule has 2 heteroatoms. The van der Waals surface area contributed by atoms with E-state index in [9.17, 15) is 0 Å². The van der Waals surface area contributed by atoms with Crippen molar-refractivity contribution in [3.63, 3.8) is 0 Å². The first-order valence-electron chi connectivity index (χ1n) is 6.73. The van der Waals surface area contributed by atoms with E-state index in [0.717, 1.165) is 6.54 Å². The summed E-state index contributed by atoms with van der Waals surface area (Å²) in [6.45, 7) is 3.14. The van der Waals surface area contributed by atoms with Crippen molar-refractivity contribution in [2.75, 3.05) is 12.8 Å². The summed E-state index contributed by atoms with van der Waals surface area (Å²) < 4.78 is 0. The number of rotatable bonds is 6. The van der Waals surface area contributed by atoms with E-state index in [4.69, 9.17) is 0 Å². The van der Waals surface area contributed by atoms with Crippen molar-refractivity contribution in [1.29, 1.82) is 0 Å². The van der Waals surface area contributed by atoms with Gasteiger partial charge in [0.2, 0.25) is 0 Å². The summed E-state index contributed by atoms with van der Waals surface area (Å²) in [5.41, 5.74) is 2.73. The third kappa shape index (κ3) is 3.62. The molecule has 1 N–H and O–H groups in total. The Morgan fingerprint density at radius 3 is 1.89 bits per heavy atom. The van der Waals surface area contributed by atoms with Gasteiger partial charge in [-0.1, -0.05) is 67.6 Å². The van der Waals surface area contributed by atoms with Gasteiger partial charge in [-0.15, -0.1) is 0 Å². The Balaban J connectivity index is 2.31. The van der Waals surface area contributed by atoms with Crippen LogP contribution in [0.25, 0.3) is 0 Å². The summed E-state index contributed by atoms with van der Waals surface area (Å²) in [5.74, 6) is 0. The van der Waals surface area contributed by atoms with E-state index in [1.807, 2.05) is 11.8 Å². The lowest BCUT2D eigenvalue weighted by Crippen LogP contribution is -2.25. The van der Waals surface area contributed by atoms with Gasteiger partial charge in [-0.3, -0.25) is 0 Å². The summed E-state index contributed by atoms with van der Waals surface area (Å²) in [6.07, 6.45) is 2.19. The van der Waals surface area contributed by atoms with Gasteiger partial charge in [0.15, 0.2) is 0 Å². The summed E-state index contributed by atoms with van der Waals surface area (Å²) in [4.78, 5) is 0. The van der Waals surface area contributed by atoms with Crippen LogP contribution >= 0.6 is 11.8 Å². The van der Waals surface area contributed by atoms with Gasteiger partial charge < -0.3 is 5.32 Å². The van der Waals surface area contributed by atoms with Crippen LogP contribution in [0.4, 0.5) is 0 Å². The molecule has 0 aliphatic carbocycles. The molecule has 19 heavy (non-hydrogen) atoms. The van der Waals surface area contributed by atoms with Gasteiger partial charge in [-0.05, 0) is 23.9 Å². The molecule has 2 rings (SSSR count). The van der Waals surface area contributed by atoms with Crippen molar-refractivity contribution < 1.29 is 0 Å². The smallest absolute Gasteiger partial charge is 0.0489 e. The van der Waals surface area contributed by atoms with Crippen molar-refractivity contribution in [3.05, 3.63) is 71.8 Å². The molecule has 0 fully saturated rings. The highest BCUT2D eigenvalue weighted by Gasteiger charge is 2.22. The summed E-state index contributed by atoms with van der Waals surface area (Å²) in [5, 5.41) is 4.06. The molecule has 2 aromatic carbocycles. The van der Waals surface area contributed by atoms with Gasteiger partial charge in [0, 0.05) is 11.3 Å². The van der Waals surface area contributed by atoms with Crippen LogP contribution < -0.4 is 5.32 Å². The number of benzene rings is 2. The largest absolute Gasteiger partial charge is 0.309 e. The SMILES string of the molecule is CCNC(c1ccccc1)C(SC)c1ccccc1. The molecule has 100 valence electrons. The number of hydrogen-bond acceptors (Lipinski definition) is 2. The minimum atomic E-state index is 0.351. The van der Waals surface area contributed by atoms with Crippen LogP contribution in [0.1, 0.15) is 29.3 Å². The molecule has 0 heterocycles. The Morgan fingerprint density at radius 1 is 0.895 bits per heavy atom. The Bertz CT molecular complexity index is 469. The number of likely N-dealkylation sites (N-methyl/N-ethyl adjacent to an activating group) is 1. The molecule has 2 aromatic rings. The molecular formula is C17H21NS. The predicted molar refractivity (Wildman–Crippen MR) is 85.6 cm³/mol. The first-order valence-corrected chi connectivity index (χ1v) is 8.01. The average Bonchev–Trinajstić information content (AvgIpc) is 2.49. The Hall–Kier alpha value is -1.25. The molecule has 0 amide bonds. The molecule has 0 aliphatic rings. The molecule has 0 spiro atoms. The van der Waals surface area contributed by atoms with E-state index in [-0.39, 0.29) is 0 Å². The van der Waals surface area contributed by atoms with Crippen LogP contribution in [0.5, 0.6) is 0 Å². The first kappa shape index (κ1) is 14.2. The normalized spacial score (nSPS) is 14.0. The van der Waals surface area contributed by atoms with Crippen LogP contribution in [0.2, 0.25) is 0 Å². The van der Waals surface area contributed by atoms with E-state index in [2.05, 4.69) is 79.2 Å². The van der Waals surface area contributed by atoms with Gasteiger partial charge in [-0.2, -0.15) is 11.8 Å². The Kier molecular flexibility index (Phi) is 5.49. The van der Waals surface area contributed by atoms with Crippen molar-refractivity contribution in [2.24, 2.45) is 0 Å². The standard InChI is InChI=1S/C17H21NS/c1-3-18-16(14-10-6-4-7-11-14)17(19-2)15-12-8-5-9-13-15/h4-13,16-18H,3H2,1-2H3. The van der Waals surface area contributed by atoms with Gasteiger partial charge >= 0.3 is 0 Å². The van der Waals surface area contributed by atoms with E-state index in [0.29, 0.717) is 11.3 Å². The zero-order valence-corrected chi connectivity index (χ0v) is 12.4. The van der Waals surface area contributed by atoms with Crippen LogP contribution in [0, 0.1) is 0 Å². The van der Waals surface area contributed by atoms with Crippen LogP contribution in [-0.4, -0.2) is 12.8 Å². The number of hydrogen-bond donors (Lipinski definition) is 1. The van der Waals surface area contributed by atoms with Crippen molar-refractivity contribution >= 4 is 11.8 Å². The number of thioether (sulfide) groups is 1. The van der Waals surface area contributed by atoms with Gasteiger partial charge in [0.1, 0.15) is 0 Å². The summed E-state index contributed by atoms with van der Waals surface area (Å²) >= 11 is 1.90. The average molecular weight is 271 g/mol. The monoisotopic (exact) mass is 271 g/mol. The summed E-state index contributed by atoms with van der Waals surface area (Å²) in [7, 11) is 0. The summed E-state index contributed by atoms with van der Waals surface area (Å²) in [6, 6.07) is 21.8. The fourth-order valence-corrected chi connectivity index (χ4v) is 3.34. The highest BCUT2D eigenvalue weighted by molar-refractivity contribution is 7.98. The van der Waals surface area contributed by atoms with E-state index in [1.165, 1.54) is 11.1 Å². The second-order valence-corrected chi connectivity index (χ2v) is 5.49. The molecule has 0 bridgehead atoms. The van der Waals surface area contributed by atoms with Crippen LogP contribution in [0.15, 0.2) is 60.7 Å². The van der Waals surface area contributed by atoms with Crippen LogP contribution in [-0.2, 0) is 0 Å². The predicted octanol–water partition coefficient (Wildman–Crippen LogP) is 4.44. The highest BCUT2D eigenvalue weighted by atomic mass is 32.2. The van der Waals surface area contributed by atoms with Crippen LogP contribution in [0.3, 0.4) is 0 Å². The lowest BCUT2D eigenvalue weighted by atomic mass is 9.98. The fourth-order valence-electron chi connectivity index (χ4n) is 2.39. The van der Waals surface area contributed by atoms with E-state index >= 15 is 0 Å². The Morgan fingerprint density at radius 2 is 1.42 bits per heavy atom. The molecule has 0 aliphatic heterocycles. The van der Waals surface area contributed by atoms with E-state index < -0.39 is 0 Å². The lowest BCUT2D eigenvalue weighted by molar-refractivity contribution is 0.541. The van der Waals surface area contributed by atoms with Crippen molar-refractivity contribution in [2.45, 2.75) is 18.2 Å². The van der Waals surface area contributed by atoms with Gasteiger partial charge in [0.25, 0.3) is 0 Å². The molecular weight excluding hydrogens is 250 g/mol. The first-order chi connectivity index (χ1) is 9.36. The van der Waals surface area contributed by atoms with Crippen molar-refractivity contribution in [1.82, 2.24) is 5.32 Å².